The lowest BCUT2D eigenvalue weighted by Gasteiger charge is -2.15. The minimum absolute atomic E-state index is 0.320. The van der Waals surface area contributed by atoms with Gasteiger partial charge in [0.05, 0.1) is 12.1 Å². The van der Waals surface area contributed by atoms with E-state index in [1.54, 1.807) is 6.92 Å². The lowest BCUT2D eigenvalue weighted by molar-refractivity contribution is 0.164. The minimum Gasteiger partial charge on any atom is -0.391 e. The van der Waals surface area contributed by atoms with Crippen molar-refractivity contribution in [2.75, 3.05) is 0 Å². The van der Waals surface area contributed by atoms with Gasteiger partial charge >= 0.3 is 0 Å². The van der Waals surface area contributed by atoms with Crippen LogP contribution in [0.25, 0.3) is 11.1 Å². The number of nitrogens with two attached hydrogens (primary N) is 1. The van der Waals surface area contributed by atoms with Crippen molar-refractivity contribution in [2.24, 2.45) is 5.73 Å². The highest BCUT2D eigenvalue weighted by Crippen LogP contribution is 2.22. The Morgan fingerprint density at radius 3 is 1.94 bits per heavy atom. The molecule has 2 aromatic carbocycles. The Balaban J connectivity index is 2.25. The summed E-state index contributed by atoms with van der Waals surface area (Å²) < 4.78 is 0. The van der Waals surface area contributed by atoms with E-state index in [0.717, 1.165) is 11.1 Å². The zero-order valence-corrected chi connectivity index (χ0v) is 9.88. The van der Waals surface area contributed by atoms with Gasteiger partial charge in [-0.1, -0.05) is 54.6 Å². The van der Waals surface area contributed by atoms with Gasteiger partial charge < -0.3 is 10.8 Å². The highest BCUT2D eigenvalue weighted by Gasteiger charge is 2.11. The van der Waals surface area contributed by atoms with Crippen LogP contribution >= 0.6 is 0 Å². The lowest BCUT2D eigenvalue weighted by atomic mass is 9.99. The zero-order chi connectivity index (χ0) is 12.3. The van der Waals surface area contributed by atoms with Crippen LogP contribution in [-0.4, -0.2) is 11.2 Å². The van der Waals surface area contributed by atoms with E-state index in [2.05, 4.69) is 12.1 Å². The summed E-state index contributed by atoms with van der Waals surface area (Å²) in [5.74, 6) is 0. The first-order valence-corrected chi connectivity index (χ1v) is 5.77. The van der Waals surface area contributed by atoms with Crippen molar-refractivity contribution in [1.82, 2.24) is 0 Å². The molecular formula is C15H17NO. The molecule has 0 aliphatic rings. The number of aliphatic hydroxyl groups is 1. The van der Waals surface area contributed by atoms with Crippen LogP contribution < -0.4 is 5.73 Å². The predicted octanol–water partition coefficient (Wildman–Crippen LogP) is 2.73. The van der Waals surface area contributed by atoms with E-state index in [-0.39, 0.29) is 6.04 Å². The molecule has 2 heteroatoms. The second-order valence-corrected chi connectivity index (χ2v) is 4.25. The minimum atomic E-state index is -0.530. The average Bonchev–Trinajstić information content (AvgIpc) is 2.39. The Kier molecular flexibility index (Phi) is 3.57. The van der Waals surface area contributed by atoms with Crippen LogP contribution in [-0.2, 0) is 0 Å². The third-order valence-electron chi connectivity index (χ3n) is 2.92. The molecule has 0 spiro atoms. The zero-order valence-electron chi connectivity index (χ0n) is 9.88. The fourth-order valence-electron chi connectivity index (χ4n) is 1.81. The van der Waals surface area contributed by atoms with Gasteiger partial charge in [0.2, 0.25) is 0 Å². The average molecular weight is 227 g/mol. The molecule has 0 aliphatic heterocycles. The molecule has 2 unspecified atom stereocenters. The van der Waals surface area contributed by atoms with Crippen LogP contribution in [0, 0.1) is 0 Å². The number of hydrogen-bond acceptors (Lipinski definition) is 2. The van der Waals surface area contributed by atoms with E-state index in [1.165, 1.54) is 5.56 Å². The van der Waals surface area contributed by atoms with Gasteiger partial charge in [-0.15, -0.1) is 0 Å². The molecule has 0 aromatic heterocycles. The fourth-order valence-corrected chi connectivity index (χ4v) is 1.81. The maximum atomic E-state index is 9.44. The van der Waals surface area contributed by atoms with E-state index in [4.69, 9.17) is 5.73 Å². The third-order valence-corrected chi connectivity index (χ3v) is 2.92. The summed E-state index contributed by atoms with van der Waals surface area (Å²) in [6.45, 7) is 1.70. The molecule has 2 atom stereocenters. The summed E-state index contributed by atoms with van der Waals surface area (Å²) in [5, 5.41) is 9.44. The van der Waals surface area contributed by atoms with Crippen molar-refractivity contribution in [3.8, 4) is 11.1 Å². The number of benzene rings is 2. The summed E-state index contributed by atoms with van der Waals surface area (Å²) in [6, 6.07) is 17.9. The van der Waals surface area contributed by atoms with E-state index >= 15 is 0 Å². The van der Waals surface area contributed by atoms with E-state index in [9.17, 15) is 5.11 Å². The van der Waals surface area contributed by atoms with E-state index in [0.29, 0.717) is 0 Å². The summed E-state index contributed by atoms with van der Waals surface area (Å²) in [7, 11) is 0. The summed E-state index contributed by atoms with van der Waals surface area (Å²) >= 11 is 0. The Bertz CT molecular complexity index is 462. The topological polar surface area (TPSA) is 46.2 Å². The highest BCUT2D eigenvalue weighted by atomic mass is 16.3. The van der Waals surface area contributed by atoms with Crippen LogP contribution in [0.4, 0.5) is 0 Å². The molecule has 0 saturated carbocycles. The number of hydrogen-bond donors (Lipinski definition) is 2. The molecule has 17 heavy (non-hydrogen) atoms. The Hall–Kier alpha value is -1.64. The monoisotopic (exact) mass is 227 g/mol. The molecular weight excluding hydrogens is 210 g/mol. The molecule has 2 rings (SSSR count). The van der Waals surface area contributed by atoms with E-state index in [1.807, 2.05) is 42.5 Å². The van der Waals surface area contributed by atoms with Crippen molar-refractivity contribution < 1.29 is 5.11 Å². The normalized spacial score (nSPS) is 14.3. The Labute approximate surface area is 102 Å². The predicted molar refractivity (Wildman–Crippen MR) is 70.5 cm³/mol. The first kappa shape index (κ1) is 11.8. The summed E-state index contributed by atoms with van der Waals surface area (Å²) in [6.07, 6.45) is -0.530. The first-order chi connectivity index (χ1) is 8.18. The van der Waals surface area contributed by atoms with Crippen molar-refractivity contribution in [1.29, 1.82) is 0 Å². The van der Waals surface area contributed by atoms with Crippen molar-refractivity contribution >= 4 is 0 Å². The standard InChI is InChI=1S/C15H17NO/c1-11(17)15(16)14-9-7-13(8-10-14)12-5-3-2-4-6-12/h2-11,15,17H,16H2,1H3. The van der Waals surface area contributed by atoms with Gasteiger partial charge in [-0.05, 0) is 23.6 Å². The van der Waals surface area contributed by atoms with Crippen LogP contribution in [0.5, 0.6) is 0 Å². The molecule has 0 amide bonds. The number of aliphatic hydroxyl groups excluding tert-OH is 1. The molecule has 0 radical (unpaired) electrons. The smallest absolute Gasteiger partial charge is 0.0704 e. The third kappa shape index (κ3) is 2.73. The quantitative estimate of drug-likeness (QED) is 0.847. The molecule has 3 N–H and O–H groups in total. The lowest BCUT2D eigenvalue weighted by Crippen LogP contribution is -2.22. The Morgan fingerprint density at radius 1 is 0.882 bits per heavy atom. The van der Waals surface area contributed by atoms with Gasteiger partial charge in [0.25, 0.3) is 0 Å². The summed E-state index contributed by atoms with van der Waals surface area (Å²) in [4.78, 5) is 0. The van der Waals surface area contributed by atoms with Gasteiger partial charge in [-0.2, -0.15) is 0 Å². The van der Waals surface area contributed by atoms with Crippen molar-refractivity contribution in [2.45, 2.75) is 19.1 Å². The molecule has 0 bridgehead atoms. The van der Waals surface area contributed by atoms with Crippen LogP contribution in [0.3, 0.4) is 0 Å². The van der Waals surface area contributed by atoms with Crippen LogP contribution in [0.2, 0.25) is 0 Å². The molecule has 0 heterocycles. The second kappa shape index (κ2) is 5.13. The SMILES string of the molecule is CC(O)C(N)c1ccc(-c2ccccc2)cc1. The molecule has 2 aromatic rings. The van der Waals surface area contributed by atoms with Gasteiger partial charge in [0.1, 0.15) is 0 Å². The maximum absolute atomic E-state index is 9.44. The fraction of sp³-hybridized carbons (Fsp3) is 0.200. The van der Waals surface area contributed by atoms with Crippen molar-refractivity contribution in [3.05, 3.63) is 60.2 Å². The molecule has 88 valence electrons. The number of rotatable bonds is 3. The molecule has 0 aliphatic carbocycles. The first-order valence-electron chi connectivity index (χ1n) is 5.77. The van der Waals surface area contributed by atoms with Crippen LogP contribution in [0.1, 0.15) is 18.5 Å². The summed E-state index contributed by atoms with van der Waals surface area (Å²) in [5.41, 5.74) is 9.18. The van der Waals surface area contributed by atoms with Gasteiger partial charge in [-0.25, -0.2) is 0 Å². The second-order valence-electron chi connectivity index (χ2n) is 4.25. The Morgan fingerprint density at radius 2 is 1.41 bits per heavy atom. The molecule has 2 nitrogen and oxygen atoms in total. The van der Waals surface area contributed by atoms with Gasteiger partial charge in [0.15, 0.2) is 0 Å². The molecule has 0 saturated heterocycles. The van der Waals surface area contributed by atoms with E-state index < -0.39 is 6.10 Å². The van der Waals surface area contributed by atoms with Gasteiger partial charge in [0, 0.05) is 0 Å². The highest BCUT2D eigenvalue weighted by molar-refractivity contribution is 5.63. The largest absolute Gasteiger partial charge is 0.391 e. The van der Waals surface area contributed by atoms with Crippen LogP contribution in [0.15, 0.2) is 54.6 Å². The molecule has 0 fully saturated rings. The van der Waals surface area contributed by atoms with Crippen molar-refractivity contribution in [3.63, 3.8) is 0 Å². The van der Waals surface area contributed by atoms with Gasteiger partial charge in [-0.3, -0.25) is 0 Å². The maximum Gasteiger partial charge on any atom is 0.0704 e.